The van der Waals surface area contributed by atoms with Crippen molar-refractivity contribution in [1.82, 2.24) is 0 Å². The average molecular weight is 247 g/mol. The molecule has 1 atom stereocenters. The first-order valence-electron chi connectivity index (χ1n) is 0. The number of hydrogen-bond donors (Lipinski definition) is 0. The zero-order valence-corrected chi connectivity index (χ0v) is 8.28. The first kappa shape index (κ1) is 35.9. The number of rotatable bonds is 0. The predicted octanol–water partition coefficient (Wildman–Crippen LogP) is -0.769. The van der Waals surface area contributed by atoms with E-state index in [9.17, 15) is 0 Å². The van der Waals surface area contributed by atoms with Gasteiger partial charge in [-0.3, -0.25) is 0 Å². The first-order valence-corrected chi connectivity index (χ1v) is 0. The average Bonchev–Trinajstić information content (AvgIpc) is 0. The molecule has 27 valence electrons. The first-order chi connectivity index (χ1) is 0. The van der Waals surface area contributed by atoms with Crippen LogP contribution in [0.3, 0.4) is 0 Å². The van der Waals surface area contributed by atoms with Crippen molar-refractivity contribution in [2.45, 2.75) is 0 Å². The molecule has 0 heterocycles. The van der Waals surface area contributed by atoms with Crippen molar-refractivity contribution in [2.75, 3.05) is 0 Å². The Bertz CT molecular complexity index is 8.00. The van der Waals surface area contributed by atoms with E-state index in [4.69, 9.17) is 0 Å². The van der Waals surface area contributed by atoms with E-state index in [-0.39, 0.29) is 68.0 Å². The molecule has 0 aliphatic rings. The molecule has 0 saturated carbocycles. The van der Waals surface area contributed by atoms with Gasteiger partial charge >= 0.3 is 0 Å². The van der Waals surface area contributed by atoms with Gasteiger partial charge in [-0.15, -0.1) is 0 Å². The molecule has 0 aliphatic carbocycles. The molecular formula is H5FeLaOP. The van der Waals surface area contributed by atoms with E-state index in [0.29, 0.717) is 0 Å². The predicted molar refractivity (Wildman–Crippen MR) is 14.7 cm³/mol. The van der Waals surface area contributed by atoms with Gasteiger partial charge in [0.2, 0.25) is 0 Å². The van der Waals surface area contributed by atoms with Gasteiger partial charge in [0.1, 0.15) is 0 Å². The van der Waals surface area contributed by atoms with Crippen molar-refractivity contribution in [1.29, 1.82) is 0 Å². The van der Waals surface area contributed by atoms with Gasteiger partial charge in [-0.1, -0.05) is 0 Å². The Kier molecular flexibility index (Phi) is 174. The van der Waals surface area contributed by atoms with Crippen LogP contribution in [-0.2, 0) is 17.1 Å². The summed E-state index contributed by atoms with van der Waals surface area (Å²) in [5.74, 6) is 0. The van der Waals surface area contributed by atoms with Crippen molar-refractivity contribution in [3.63, 3.8) is 0 Å². The molecule has 0 aromatic carbocycles. The topological polar surface area (TPSA) is 31.5 Å². The zero-order chi connectivity index (χ0) is 0. The molecule has 0 saturated heterocycles. The van der Waals surface area contributed by atoms with E-state index in [2.05, 4.69) is 0 Å². The van der Waals surface area contributed by atoms with E-state index in [1.165, 1.54) is 0 Å². The van der Waals surface area contributed by atoms with Gasteiger partial charge in [0.25, 0.3) is 0 Å². The molecule has 4 heteroatoms. The monoisotopic (exact) mass is 247 g/mol. The smallest absolute Gasteiger partial charge is 0 e. The molecule has 1 radical (unpaired) electrons. The summed E-state index contributed by atoms with van der Waals surface area (Å²) in [6, 6.07) is 0. The Morgan fingerprint density at radius 2 is 1.00 bits per heavy atom. The summed E-state index contributed by atoms with van der Waals surface area (Å²) in [5, 5.41) is 0. The summed E-state index contributed by atoms with van der Waals surface area (Å²) in [4.78, 5) is 0. The molecule has 0 amide bonds. The molecular weight excluding hydrogens is 242 g/mol. The fraction of sp³-hybridized carbons (Fsp3) is 0. The Morgan fingerprint density at radius 3 is 1.00 bits per heavy atom. The van der Waals surface area contributed by atoms with Crippen LogP contribution < -0.4 is 0 Å². The Labute approximate surface area is 67.3 Å². The maximum atomic E-state index is 0. The largest absolute Gasteiger partial charge is 0.412 e. The van der Waals surface area contributed by atoms with Crippen LogP contribution in [0.5, 0.6) is 0 Å². The summed E-state index contributed by atoms with van der Waals surface area (Å²) in [5.41, 5.74) is 0. The molecule has 1 unspecified atom stereocenters. The summed E-state index contributed by atoms with van der Waals surface area (Å²) in [6.45, 7) is 0. The molecule has 0 fully saturated rings. The van der Waals surface area contributed by atoms with E-state index < -0.39 is 0 Å². The minimum absolute atomic E-state index is 0. The van der Waals surface area contributed by atoms with Gasteiger partial charge in [-0.05, 0) is 0 Å². The molecule has 0 bridgehead atoms. The van der Waals surface area contributed by atoms with Gasteiger partial charge in [0.15, 0.2) is 0 Å². The normalized spacial score (nSPS) is 0. The van der Waals surface area contributed by atoms with Crippen molar-refractivity contribution in [3.8, 4) is 0 Å². The van der Waals surface area contributed by atoms with Crippen molar-refractivity contribution >= 4 is 9.90 Å². The minimum atomic E-state index is 0. The SMILES string of the molecule is O.P.[Fe].[La]. The summed E-state index contributed by atoms with van der Waals surface area (Å²) >= 11 is 0. The molecule has 0 aliphatic heterocycles. The van der Waals surface area contributed by atoms with Crippen molar-refractivity contribution in [2.24, 2.45) is 0 Å². The minimum Gasteiger partial charge on any atom is -0.412 e. The van der Waals surface area contributed by atoms with Crippen LogP contribution >= 0.6 is 9.90 Å². The summed E-state index contributed by atoms with van der Waals surface area (Å²) in [7, 11) is 0. The molecule has 0 aromatic heterocycles. The fourth-order valence-corrected chi connectivity index (χ4v) is 0. The van der Waals surface area contributed by atoms with Crippen LogP contribution in [0.2, 0.25) is 0 Å². The van der Waals surface area contributed by atoms with Crippen molar-refractivity contribution in [3.05, 3.63) is 0 Å². The van der Waals surface area contributed by atoms with E-state index in [1.807, 2.05) is 0 Å². The van der Waals surface area contributed by atoms with Gasteiger partial charge in [-0.2, -0.15) is 9.90 Å². The number of hydrogen-bond acceptors (Lipinski definition) is 0. The quantitative estimate of drug-likeness (QED) is 0.397. The van der Waals surface area contributed by atoms with E-state index >= 15 is 0 Å². The standard InChI is InChI=1S/Fe.La.H2O.H3P/h;;1H2;1H3. The second-order valence-electron chi connectivity index (χ2n) is 0. The molecule has 0 aromatic rings. The second-order valence-corrected chi connectivity index (χ2v) is 0. The van der Waals surface area contributed by atoms with Crippen LogP contribution in [0.4, 0.5) is 0 Å². The van der Waals surface area contributed by atoms with Gasteiger partial charge in [-0.25, -0.2) is 0 Å². The summed E-state index contributed by atoms with van der Waals surface area (Å²) < 4.78 is 0. The van der Waals surface area contributed by atoms with Crippen LogP contribution in [0, 0.1) is 35.6 Å². The van der Waals surface area contributed by atoms with Gasteiger partial charge < -0.3 is 5.48 Å². The third-order valence-corrected chi connectivity index (χ3v) is 0. The van der Waals surface area contributed by atoms with Crippen molar-refractivity contribution < 1.29 is 58.1 Å². The summed E-state index contributed by atoms with van der Waals surface area (Å²) in [6.07, 6.45) is 0. The molecule has 1 nitrogen and oxygen atoms in total. The Morgan fingerprint density at radius 1 is 1.00 bits per heavy atom. The van der Waals surface area contributed by atoms with E-state index in [1.54, 1.807) is 0 Å². The Hall–Kier alpha value is 2.10. The molecule has 4 heavy (non-hydrogen) atoms. The van der Waals surface area contributed by atoms with Crippen LogP contribution in [-0.4, -0.2) is 5.48 Å². The van der Waals surface area contributed by atoms with E-state index in [0.717, 1.165) is 0 Å². The fourth-order valence-electron chi connectivity index (χ4n) is 0. The Balaban J connectivity index is 0. The van der Waals surface area contributed by atoms with Gasteiger partial charge in [0.05, 0.1) is 0 Å². The molecule has 0 rings (SSSR count). The maximum Gasteiger partial charge on any atom is 0 e. The second kappa shape index (κ2) is 19.4. The van der Waals surface area contributed by atoms with Crippen LogP contribution in [0.25, 0.3) is 0 Å². The molecule has 0 spiro atoms. The van der Waals surface area contributed by atoms with Crippen LogP contribution in [0.15, 0.2) is 0 Å². The third-order valence-electron chi connectivity index (χ3n) is 0. The van der Waals surface area contributed by atoms with Gasteiger partial charge in [0, 0.05) is 52.7 Å². The van der Waals surface area contributed by atoms with Crippen LogP contribution in [0.1, 0.15) is 0 Å². The maximum absolute atomic E-state index is 0. The zero-order valence-electron chi connectivity index (χ0n) is 2.14. The third kappa shape index (κ3) is 8.93. The molecule has 2 N–H and O–H groups in total.